The molecule has 1 aromatic heterocycles. The van der Waals surface area contributed by atoms with E-state index >= 15 is 0 Å². The van der Waals surface area contributed by atoms with Gasteiger partial charge in [-0.1, -0.05) is 42.5 Å². The number of nitrogens with one attached hydrogen (secondary N) is 1. The molecule has 2 amide bonds. The van der Waals surface area contributed by atoms with Crippen LogP contribution in [0.3, 0.4) is 0 Å². The summed E-state index contributed by atoms with van der Waals surface area (Å²) in [4.78, 5) is 35.1. The number of methoxy groups -OCH3 is 1. The number of carbonyl (C=O) groups is 2. The molecule has 1 fully saturated rings. The molecule has 3 aromatic carbocycles. The molecule has 0 radical (unpaired) electrons. The maximum atomic E-state index is 13.4. The molecule has 38 heavy (non-hydrogen) atoms. The molecule has 5 rings (SSSR count). The van der Waals surface area contributed by atoms with Crippen LogP contribution in [0, 0.1) is 0 Å². The molecule has 4 aromatic rings. The highest BCUT2D eigenvalue weighted by atomic mass is 32.1. The van der Waals surface area contributed by atoms with Gasteiger partial charge in [0.25, 0.3) is 5.91 Å². The zero-order valence-electron chi connectivity index (χ0n) is 21.2. The van der Waals surface area contributed by atoms with Crippen LogP contribution in [0.1, 0.15) is 22.0 Å². The number of hydrogen-bond donors (Lipinski definition) is 2. The van der Waals surface area contributed by atoms with Gasteiger partial charge in [0.15, 0.2) is 0 Å². The van der Waals surface area contributed by atoms with Crippen LogP contribution in [0.5, 0.6) is 5.75 Å². The Labute approximate surface area is 225 Å². The van der Waals surface area contributed by atoms with Gasteiger partial charge < -0.3 is 20.1 Å². The lowest BCUT2D eigenvalue weighted by Crippen LogP contribution is -2.52. The molecular weight excluding hydrogens is 500 g/mol. The lowest BCUT2D eigenvalue weighted by molar-refractivity contribution is -0.127. The van der Waals surface area contributed by atoms with E-state index in [1.807, 2.05) is 77.7 Å². The third-order valence-corrected chi connectivity index (χ3v) is 7.76. The van der Waals surface area contributed by atoms with Crippen LogP contribution in [-0.2, 0) is 4.79 Å². The number of amides is 2. The number of benzene rings is 3. The van der Waals surface area contributed by atoms with E-state index in [4.69, 9.17) is 14.8 Å². The highest BCUT2D eigenvalue weighted by Crippen LogP contribution is 2.33. The van der Waals surface area contributed by atoms with Gasteiger partial charge in [-0.25, -0.2) is 4.98 Å². The summed E-state index contributed by atoms with van der Waals surface area (Å²) in [6.45, 7) is 2.26. The lowest BCUT2D eigenvalue weighted by Gasteiger charge is -2.38. The highest BCUT2D eigenvalue weighted by Gasteiger charge is 2.31. The molecule has 0 bridgehead atoms. The quantitative estimate of drug-likeness (QED) is 0.362. The Balaban J connectivity index is 1.29. The number of aliphatic hydroxyl groups excluding tert-OH is 1. The fourth-order valence-corrected chi connectivity index (χ4v) is 5.74. The minimum Gasteiger partial charge on any atom is -0.497 e. The van der Waals surface area contributed by atoms with Crippen molar-refractivity contribution in [1.29, 1.82) is 0 Å². The maximum Gasteiger partial charge on any atom is 0.253 e. The Kier molecular flexibility index (Phi) is 7.97. The molecule has 196 valence electrons. The molecule has 1 aliphatic rings. The zero-order valence-corrected chi connectivity index (χ0v) is 22.0. The van der Waals surface area contributed by atoms with E-state index in [9.17, 15) is 9.59 Å². The van der Waals surface area contributed by atoms with Crippen LogP contribution in [0.2, 0.25) is 0 Å². The summed E-state index contributed by atoms with van der Waals surface area (Å²) < 4.78 is 6.36. The highest BCUT2D eigenvalue weighted by molar-refractivity contribution is 7.21. The molecule has 1 saturated heterocycles. The van der Waals surface area contributed by atoms with Gasteiger partial charge in [0.05, 0.1) is 23.9 Å². The average molecular weight is 531 g/mol. The van der Waals surface area contributed by atoms with E-state index in [1.165, 1.54) is 0 Å². The molecule has 1 aliphatic heterocycles. The monoisotopic (exact) mass is 530 g/mol. The molecule has 1 unspecified atom stereocenters. The summed E-state index contributed by atoms with van der Waals surface area (Å²) in [7, 11) is 1.64. The molecule has 0 aliphatic carbocycles. The Morgan fingerprint density at radius 1 is 1.03 bits per heavy atom. The number of aromatic nitrogens is 1. The normalized spacial score (nSPS) is 14.8. The Bertz CT molecular complexity index is 1420. The Morgan fingerprint density at radius 3 is 2.55 bits per heavy atom. The van der Waals surface area contributed by atoms with Gasteiger partial charge in [-0.2, -0.15) is 0 Å². The SMILES string of the molecule is COc1ccc2nc(-c3cccc(C(=O)N4CCN(C(C(=O)NCCO)c5ccccc5)CC4)c3)sc2c1. The van der Waals surface area contributed by atoms with Gasteiger partial charge >= 0.3 is 0 Å². The minimum absolute atomic E-state index is 0.0322. The number of ether oxygens (including phenoxy) is 1. The smallest absolute Gasteiger partial charge is 0.253 e. The summed E-state index contributed by atoms with van der Waals surface area (Å²) >= 11 is 1.57. The molecular formula is C29H30N4O4S. The summed E-state index contributed by atoms with van der Waals surface area (Å²) in [6, 6.07) is 22.5. The third-order valence-electron chi connectivity index (χ3n) is 6.69. The number of fused-ring (bicyclic) bond motifs is 1. The minimum atomic E-state index is -0.471. The topological polar surface area (TPSA) is 95.0 Å². The molecule has 0 spiro atoms. The first-order valence-corrected chi connectivity index (χ1v) is 13.4. The van der Waals surface area contributed by atoms with Crippen LogP contribution >= 0.6 is 11.3 Å². The number of hydrogen-bond acceptors (Lipinski definition) is 7. The number of rotatable bonds is 8. The molecule has 9 heteroatoms. The number of nitrogens with zero attached hydrogens (tertiary/aromatic N) is 3. The number of piperazine rings is 1. The molecule has 2 N–H and O–H groups in total. The van der Waals surface area contributed by atoms with Gasteiger partial charge in [0.1, 0.15) is 16.8 Å². The number of thiazole rings is 1. The van der Waals surface area contributed by atoms with Gasteiger partial charge in [-0.15, -0.1) is 11.3 Å². The molecule has 8 nitrogen and oxygen atoms in total. The standard InChI is InChI=1S/C29H30N4O4S/c1-37-23-10-11-24-25(19-23)38-28(31-24)21-8-5-9-22(18-21)29(36)33-15-13-32(14-16-33)26(27(35)30-12-17-34)20-6-3-2-4-7-20/h2-11,18-19,26,34H,12-17H2,1H3,(H,30,35). The van der Waals surface area contributed by atoms with Crippen LogP contribution in [0.15, 0.2) is 72.8 Å². The third kappa shape index (κ3) is 5.55. The number of aliphatic hydroxyl groups is 1. The van der Waals surface area contributed by atoms with Gasteiger partial charge in [-0.05, 0) is 35.9 Å². The first-order chi connectivity index (χ1) is 18.6. The van der Waals surface area contributed by atoms with Crippen LogP contribution in [-0.4, -0.2) is 78.1 Å². The van der Waals surface area contributed by atoms with Crippen molar-refractivity contribution in [3.8, 4) is 16.3 Å². The summed E-state index contributed by atoms with van der Waals surface area (Å²) in [5, 5.41) is 12.8. The van der Waals surface area contributed by atoms with Crippen molar-refractivity contribution in [2.75, 3.05) is 46.4 Å². The van der Waals surface area contributed by atoms with Crippen molar-refractivity contribution in [2.24, 2.45) is 0 Å². The largest absolute Gasteiger partial charge is 0.497 e. The predicted molar refractivity (Wildman–Crippen MR) is 148 cm³/mol. The predicted octanol–water partition coefficient (Wildman–Crippen LogP) is 3.58. The second kappa shape index (κ2) is 11.7. The summed E-state index contributed by atoms with van der Waals surface area (Å²) in [6.07, 6.45) is 0. The summed E-state index contributed by atoms with van der Waals surface area (Å²) in [5.41, 5.74) is 3.31. The fraction of sp³-hybridized carbons (Fsp3) is 0.276. The second-order valence-electron chi connectivity index (χ2n) is 9.09. The van der Waals surface area contributed by atoms with Crippen LogP contribution in [0.4, 0.5) is 0 Å². The van der Waals surface area contributed by atoms with Crippen LogP contribution < -0.4 is 10.1 Å². The Hall–Kier alpha value is -3.79. The summed E-state index contributed by atoms with van der Waals surface area (Å²) in [5.74, 6) is 0.609. The van der Waals surface area contributed by atoms with Crippen molar-refractivity contribution in [1.82, 2.24) is 20.1 Å². The molecule has 1 atom stereocenters. The first kappa shape index (κ1) is 25.8. The van der Waals surface area contributed by atoms with Crippen molar-refractivity contribution >= 4 is 33.4 Å². The lowest BCUT2D eigenvalue weighted by atomic mass is 10.0. The molecule has 0 saturated carbocycles. The van der Waals surface area contributed by atoms with Crippen molar-refractivity contribution in [2.45, 2.75) is 6.04 Å². The van der Waals surface area contributed by atoms with Gasteiger partial charge in [-0.3, -0.25) is 14.5 Å². The van der Waals surface area contributed by atoms with Crippen molar-refractivity contribution < 1.29 is 19.4 Å². The van der Waals surface area contributed by atoms with Crippen molar-refractivity contribution in [3.63, 3.8) is 0 Å². The number of carbonyl (C=O) groups excluding carboxylic acids is 2. The van der Waals surface area contributed by atoms with E-state index in [1.54, 1.807) is 18.4 Å². The van der Waals surface area contributed by atoms with E-state index in [0.717, 1.165) is 32.1 Å². The average Bonchev–Trinajstić information content (AvgIpc) is 3.40. The molecule has 2 heterocycles. The zero-order chi connectivity index (χ0) is 26.5. The van der Waals surface area contributed by atoms with E-state index in [2.05, 4.69) is 10.2 Å². The van der Waals surface area contributed by atoms with E-state index in [-0.39, 0.29) is 25.0 Å². The van der Waals surface area contributed by atoms with Crippen molar-refractivity contribution in [3.05, 3.63) is 83.9 Å². The van der Waals surface area contributed by atoms with E-state index < -0.39 is 6.04 Å². The first-order valence-electron chi connectivity index (χ1n) is 12.6. The second-order valence-corrected chi connectivity index (χ2v) is 10.1. The van der Waals surface area contributed by atoms with Gasteiger partial charge in [0, 0.05) is 43.9 Å². The fourth-order valence-electron chi connectivity index (χ4n) is 4.75. The van der Waals surface area contributed by atoms with Gasteiger partial charge in [0.2, 0.25) is 5.91 Å². The maximum absolute atomic E-state index is 13.4. The van der Waals surface area contributed by atoms with Crippen LogP contribution in [0.25, 0.3) is 20.8 Å². The van der Waals surface area contributed by atoms with E-state index in [0.29, 0.717) is 31.7 Å². The Morgan fingerprint density at radius 2 is 1.82 bits per heavy atom.